The van der Waals surface area contributed by atoms with Crippen molar-refractivity contribution < 1.29 is 22.1 Å². The number of amides is 1. The van der Waals surface area contributed by atoms with Crippen LogP contribution in [-0.4, -0.2) is 38.5 Å². The molecular formula is C24H30ClNO5S. The maximum Gasteiger partial charge on any atom is 0.340 e. The van der Waals surface area contributed by atoms with E-state index in [1.807, 2.05) is 19.9 Å². The molecule has 1 saturated heterocycles. The predicted octanol–water partition coefficient (Wildman–Crippen LogP) is 4.97. The van der Waals surface area contributed by atoms with E-state index >= 15 is 0 Å². The van der Waals surface area contributed by atoms with E-state index in [4.69, 9.17) is 20.5 Å². The fourth-order valence-electron chi connectivity index (χ4n) is 3.78. The van der Waals surface area contributed by atoms with Crippen molar-refractivity contribution in [2.45, 2.75) is 57.6 Å². The minimum atomic E-state index is -4.10. The fourth-order valence-corrected chi connectivity index (χ4v) is 5.50. The molecule has 0 aliphatic carbocycles. The second-order valence-corrected chi connectivity index (χ2v) is 10.5. The zero-order valence-electron chi connectivity index (χ0n) is 18.7. The van der Waals surface area contributed by atoms with E-state index in [1.54, 1.807) is 42.2 Å². The highest BCUT2D eigenvalue weighted by Gasteiger charge is 2.25. The van der Waals surface area contributed by atoms with Crippen molar-refractivity contribution >= 4 is 27.6 Å². The Bertz CT molecular complexity index is 1030. The summed E-state index contributed by atoms with van der Waals surface area (Å²) in [6.45, 7) is 7.29. The first kappa shape index (κ1) is 24.6. The standard InChI is InChI=1S/C24H30ClNO5S/c1-17(2)13-23(27)26(16-21-10-6-12-30-21)15-19-8-5-9-20(14-19)31-32(28,29)24-18(3)7-4-11-22(24)25/h4-5,7-9,11,14,17,21H,6,10,12-13,15-16H2,1-3H3. The lowest BCUT2D eigenvalue weighted by atomic mass is 10.1. The van der Waals surface area contributed by atoms with Gasteiger partial charge in [0, 0.05) is 26.1 Å². The Kier molecular flexibility index (Phi) is 8.20. The highest BCUT2D eigenvalue weighted by molar-refractivity contribution is 7.87. The molecular weight excluding hydrogens is 450 g/mol. The Labute approximate surface area is 195 Å². The zero-order chi connectivity index (χ0) is 23.3. The molecule has 0 radical (unpaired) electrons. The van der Waals surface area contributed by atoms with E-state index in [9.17, 15) is 13.2 Å². The molecule has 2 aromatic carbocycles. The van der Waals surface area contributed by atoms with Gasteiger partial charge in [0.25, 0.3) is 0 Å². The molecule has 0 aromatic heterocycles. The van der Waals surface area contributed by atoms with Crippen LogP contribution in [0.2, 0.25) is 5.02 Å². The molecule has 3 rings (SSSR count). The highest BCUT2D eigenvalue weighted by atomic mass is 35.5. The van der Waals surface area contributed by atoms with Crippen molar-refractivity contribution in [1.82, 2.24) is 4.90 Å². The minimum Gasteiger partial charge on any atom is -0.379 e. The molecule has 32 heavy (non-hydrogen) atoms. The minimum absolute atomic E-state index is 0.0362. The number of benzene rings is 2. The number of nitrogens with zero attached hydrogens (tertiary/aromatic N) is 1. The summed E-state index contributed by atoms with van der Waals surface area (Å²) in [7, 11) is -4.10. The smallest absolute Gasteiger partial charge is 0.340 e. The first-order chi connectivity index (χ1) is 15.2. The highest BCUT2D eigenvalue weighted by Crippen LogP contribution is 2.28. The Morgan fingerprint density at radius 3 is 2.66 bits per heavy atom. The van der Waals surface area contributed by atoms with Gasteiger partial charge in [-0.3, -0.25) is 4.79 Å². The largest absolute Gasteiger partial charge is 0.379 e. The predicted molar refractivity (Wildman–Crippen MR) is 124 cm³/mol. The van der Waals surface area contributed by atoms with E-state index < -0.39 is 10.1 Å². The van der Waals surface area contributed by atoms with E-state index in [1.165, 1.54) is 6.07 Å². The van der Waals surface area contributed by atoms with Gasteiger partial charge in [0.05, 0.1) is 11.1 Å². The normalized spacial score (nSPS) is 16.3. The number of hydrogen-bond acceptors (Lipinski definition) is 5. The van der Waals surface area contributed by atoms with E-state index in [-0.39, 0.29) is 33.6 Å². The van der Waals surface area contributed by atoms with Crippen molar-refractivity contribution in [2.24, 2.45) is 5.92 Å². The molecule has 0 bridgehead atoms. The summed E-state index contributed by atoms with van der Waals surface area (Å²) < 4.78 is 36.8. The molecule has 1 atom stereocenters. The monoisotopic (exact) mass is 479 g/mol. The quantitative estimate of drug-likeness (QED) is 0.475. The number of carbonyl (C=O) groups is 1. The molecule has 0 spiro atoms. The average molecular weight is 480 g/mol. The molecule has 174 valence electrons. The van der Waals surface area contributed by atoms with E-state index in [0.29, 0.717) is 25.1 Å². The number of carbonyl (C=O) groups excluding carboxylic acids is 1. The third-order valence-corrected chi connectivity index (χ3v) is 7.16. The number of ether oxygens (including phenoxy) is 1. The molecule has 1 amide bonds. The molecule has 0 saturated carbocycles. The van der Waals surface area contributed by atoms with Crippen LogP contribution in [0.5, 0.6) is 5.75 Å². The second-order valence-electron chi connectivity index (χ2n) is 8.58. The average Bonchev–Trinajstić information content (AvgIpc) is 3.19. The first-order valence-corrected chi connectivity index (χ1v) is 12.6. The van der Waals surface area contributed by atoms with Crippen molar-refractivity contribution in [3.63, 3.8) is 0 Å². The summed E-state index contributed by atoms with van der Waals surface area (Å²) in [5.74, 6) is 0.476. The lowest BCUT2D eigenvalue weighted by molar-refractivity contribution is -0.134. The van der Waals surface area contributed by atoms with Crippen LogP contribution in [-0.2, 0) is 26.2 Å². The van der Waals surface area contributed by atoms with Crippen LogP contribution in [0.15, 0.2) is 47.4 Å². The van der Waals surface area contributed by atoms with Gasteiger partial charge in [0.2, 0.25) is 5.91 Å². The number of aryl methyl sites for hydroxylation is 1. The summed E-state index contributed by atoms with van der Waals surface area (Å²) in [6, 6.07) is 11.7. The second kappa shape index (κ2) is 10.7. The molecule has 1 aliphatic heterocycles. The van der Waals surface area contributed by atoms with Crippen molar-refractivity contribution in [2.75, 3.05) is 13.2 Å². The van der Waals surface area contributed by atoms with Gasteiger partial charge in [-0.1, -0.05) is 49.7 Å². The maximum atomic E-state index is 12.8. The molecule has 2 aromatic rings. The zero-order valence-corrected chi connectivity index (χ0v) is 20.3. The van der Waals surface area contributed by atoms with Crippen LogP contribution in [0.25, 0.3) is 0 Å². The molecule has 8 heteroatoms. The number of rotatable bonds is 9. The molecule has 1 heterocycles. The van der Waals surface area contributed by atoms with Crippen molar-refractivity contribution in [3.05, 3.63) is 58.6 Å². The van der Waals surface area contributed by atoms with Crippen molar-refractivity contribution in [3.8, 4) is 5.75 Å². The van der Waals surface area contributed by atoms with Crippen LogP contribution in [0.1, 0.15) is 44.2 Å². The third kappa shape index (κ3) is 6.47. The van der Waals surface area contributed by atoms with Crippen LogP contribution in [0.4, 0.5) is 0 Å². The van der Waals surface area contributed by atoms with Gasteiger partial charge >= 0.3 is 10.1 Å². The molecule has 6 nitrogen and oxygen atoms in total. The third-order valence-electron chi connectivity index (χ3n) is 5.28. The molecule has 1 unspecified atom stereocenters. The number of halogens is 1. The maximum absolute atomic E-state index is 12.8. The summed E-state index contributed by atoms with van der Waals surface area (Å²) in [6.07, 6.45) is 2.42. The van der Waals surface area contributed by atoms with Crippen LogP contribution < -0.4 is 4.18 Å². The lowest BCUT2D eigenvalue weighted by Gasteiger charge is -2.26. The Morgan fingerprint density at radius 1 is 1.25 bits per heavy atom. The van der Waals surface area contributed by atoms with Gasteiger partial charge in [0.1, 0.15) is 10.6 Å². The van der Waals surface area contributed by atoms with Gasteiger partial charge in [-0.25, -0.2) is 0 Å². The van der Waals surface area contributed by atoms with Crippen molar-refractivity contribution in [1.29, 1.82) is 0 Å². The fraction of sp³-hybridized carbons (Fsp3) is 0.458. The first-order valence-electron chi connectivity index (χ1n) is 10.8. The van der Waals surface area contributed by atoms with Gasteiger partial charge < -0.3 is 13.8 Å². The Hall–Kier alpha value is -2.09. The van der Waals surface area contributed by atoms with E-state index in [2.05, 4.69) is 0 Å². The van der Waals surface area contributed by atoms with Gasteiger partial charge in [0.15, 0.2) is 0 Å². The van der Waals surface area contributed by atoms with Gasteiger partial charge in [-0.15, -0.1) is 0 Å². The van der Waals surface area contributed by atoms with Crippen LogP contribution >= 0.6 is 11.6 Å². The van der Waals surface area contributed by atoms with Crippen LogP contribution in [0.3, 0.4) is 0 Å². The summed E-state index contributed by atoms with van der Waals surface area (Å²) in [5.41, 5.74) is 1.29. The topological polar surface area (TPSA) is 72.9 Å². The molecule has 0 N–H and O–H groups in total. The summed E-state index contributed by atoms with van der Waals surface area (Å²) in [5, 5.41) is 0.114. The van der Waals surface area contributed by atoms with Gasteiger partial charge in [-0.05, 0) is 55.0 Å². The lowest BCUT2D eigenvalue weighted by Crippen LogP contribution is -2.37. The van der Waals surface area contributed by atoms with E-state index in [0.717, 1.165) is 25.0 Å². The Morgan fingerprint density at radius 2 is 2.00 bits per heavy atom. The SMILES string of the molecule is Cc1cccc(Cl)c1S(=O)(=O)Oc1cccc(CN(CC2CCCO2)C(=O)CC(C)C)c1. The van der Waals surface area contributed by atoms with Gasteiger partial charge in [-0.2, -0.15) is 8.42 Å². The molecule has 1 aliphatic rings. The van der Waals surface area contributed by atoms with Crippen LogP contribution in [0, 0.1) is 12.8 Å². The summed E-state index contributed by atoms with van der Waals surface area (Å²) in [4.78, 5) is 14.6. The number of hydrogen-bond donors (Lipinski definition) is 0. The molecule has 1 fully saturated rings. The Balaban J connectivity index is 1.79. The summed E-state index contributed by atoms with van der Waals surface area (Å²) >= 11 is 6.12.